The third kappa shape index (κ3) is 4.18. The van der Waals surface area contributed by atoms with Crippen molar-refractivity contribution in [3.8, 4) is 0 Å². The minimum atomic E-state index is -0.795. The molecular formula is C11H18ClN3O3. The van der Waals surface area contributed by atoms with Gasteiger partial charge in [0.1, 0.15) is 17.0 Å². The van der Waals surface area contributed by atoms with Crippen molar-refractivity contribution in [2.24, 2.45) is 0 Å². The molecule has 1 rings (SSSR count). The average Bonchev–Trinajstić information content (AvgIpc) is 2.61. The molecule has 0 aliphatic rings. The summed E-state index contributed by atoms with van der Waals surface area (Å²) in [6, 6.07) is 0. The van der Waals surface area contributed by atoms with E-state index in [0.29, 0.717) is 11.7 Å². The number of carbonyl (C=O) groups is 1. The van der Waals surface area contributed by atoms with E-state index in [-0.39, 0.29) is 5.88 Å². The van der Waals surface area contributed by atoms with Gasteiger partial charge in [-0.25, -0.2) is 4.79 Å². The van der Waals surface area contributed by atoms with Crippen LogP contribution in [0.5, 0.6) is 0 Å². The van der Waals surface area contributed by atoms with Crippen LogP contribution in [0.1, 0.15) is 46.3 Å². The van der Waals surface area contributed by atoms with Crippen molar-refractivity contribution in [3.63, 3.8) is 0 Å². The molecule has 0 aromatic carbocycles. The van der Waals surface area contributed by atoms with Gasteiger partial charge >= 0.3 is 6.09 Å². The number of carbonyl (C=O) groups excluding carboxylic acids is 1. The van der Waals surface area contributed by atoms with Crippen molar-refractivity contribution in [2.45, 2.75) is 51.6 Å². The molecule has 0 radical (unpaired) electrons. The highest BCUT2D eigenvalue weighted by molar-refractivity contribution is 6.16. The zero-order valence-electron chi connectivity index (χ0n) is 11.2. The second-order valence-electron chi connectivity index (χ2n) is 5.40. The zero-order chi connectivity index (χ0) is 14.0. The number of ether oxygens (including phenoxy) is 1. The third-order valence-corrected chi connectivity index (χ3v) is 2.18. The molecular weight excluding hydrogens is 258 g/mol. The lowest BCUT2D eigenvalue weighted by atomic mass is 10.1. The fourth-order valence-corrected chi connectivity index (χ4v) is 1.29. The molecule has 0 aliphatic heterocycles. The molecule has 0 spiro atoms. The lowest BCUT2D eigenvalue weighted by molar-refractivity contribution is 0.0465. The number of hydrogen-bond donors (Lipinski definition) is 1. The summed E-state index contributed by atoms with van der Waals surface area (Å²) >= 11 is 5.57. The Labute approximate surface area is 111 Å². The summed E-state index contributed by atoms with van der Waals surface area (Å²) in [5.74, 6) is 0.796. The van der Waals surface area contributed by atoms with Crippen molar-refractivity contribution in [1.82, 2.24) is 15.5 Å². The van der Waals surface area contributed by atoms with E-state index < -0.39 is 17.2 Å². The van der Waals surface area contributed by atoms with Crippen LogP contribution in [-0.4, -0.2) is 21.8 Å². The van der Waals surface area contributed by atoms with Crippen LogP contribution in [0.2, 0.25) is 0 Å². The number of alkyl carbamates (subject to hydrolysis) is 1. The van der Waals surface area contributed by atoms with Gasteiger partial charge < -0.3 is 14.6 Å². The highest BCUT2D eigenvalue weighted by atomic mass is 35.5. The van der Waals surface area contributed by atoms with Gasteiger partial charge in [-0.1, -0.05) is 5.16 Å². The Bertz CT molecular complexity index is 423. The molecule has 0 bridgehead atoms. The minimum absolute atomic E-state index is 0.134. The highest BCUT2D eigenvalue weighted by Gasteiger charge is 2.30. The Morgan fingerprint density at radius 2 is 2.00 bits per heavy atom. The molecule has 0 fully saturated rings. The van der Waals surface area contributed by atoms with Crippen LogP contribution in [0.3, 0.4) is 0 Å². The smallest absolute Gasteiger partial charge is 0.408 e. The van der Waals surface area contributed by atoms with Crippen LogP contribution in [0.15, 0.2) is 4.52 Å². The van der Waals surface area contributed by atoms with E-state index in [4.69, 9.17) is 20.9 Å². The zero-order valence-corrected chi connectivity index (χ0v) is 12.0. The Morgan fingerprint density at radius 3 is 2.44 bits per heavy atom. The molecule has 1 aromatic rings. The van der Waals surface area contributed by atoms with Crippen LogP contribution in [-0.2, 0) is 16.2 Å². The fourth-order valence-electron chi connectivity index (χ4n) is 1.18. The van der Waals surface area contributed by atoms with Crippen molar-refractivity contribution >= 4 is 17.7 Å². The van der Waals surface area contributed by atoms with Gasteiger partial charge in [-0.15, -0.1) is 11.6 Å². The number of halogens is 1. The van der Waals surface area contributed by atoms with Crippen molar-refractivity contribution in [3.05, 3.63) is 11.7 Å². The van der Waals surface area contributed by atoms with E-state index in [1.807, 2.05) is 0 Å². The molecule has 6 nitrogen and oxygen atoms in total. The van der Waals surface area contributed by atoms with E-state index in [9.17, 15) is 4.79 Å². The molecule has 102 valence electrons. The molecule has 0 aliphatic carbocycles. The van der Waals surface area contributed by atoms with Crippen LogP contribution in [0.4, 0.5) is 4.79 Å². The maximum atomic E-state index is 11.7. The highest BCUT2D eigenvalue weighted by Crippen LogP contribution is 2.18. The molecule has 0 unspecified atom stereocenters. The quantitative estimate of drug-likeness (QED) is 0.858. The van der Waals surface area contributed by atoms with Crippen LogP contribution >= 0.6 is 11.6 Å². The van der Waals surface area contributed by atoms with Crippen LogP contribution in [0, 0.1) is 0 Å². The summed E-state index contributed by atoms with van der Waals surface area (Å²) in [6.45, 7) is 8.87. The van der Waals surface area contributed by atoms with Gasteiger partial charge in [-0.3, -0.25) is 0 Å². The van der Waals surface area contributed by atoms with E-state index in [1.54, 1.807) is 34.6 Å². The Hall–Kier alpha value is -1.30. The number of hydrogen-bond acceptors (Lipinski definition) is 5. The Kier molecular flexibility index (Phi) is 4.21. The van der Waals surface area contributed by atoms with E-state index in [1.165, 1.54) is 0 Å². The number of alkyl halides is 1. The monoisotopic (exact) mass is 275 g/mol. The molecule has 0 saturated heterocycles. The maximum Gasteiger partial charge on any atom is 0.408 e. The van der Waals surface area contributed by atoms with Gasteiger partial charge in [0.15, 0.2) is 5.82 Å². The predicted molar refractivity (Wildman–Crippen MR) is 66.3 cm³/mol. The molecule has 1 amide bonds. The first kappa shape index (κ1) is 14.8. The first-order chi connectivity index (χ1) is 8.14. The number of amides is 1. The first-order valence-corrected chi connectivity index (χ1v) is 6.08. The SMILES string of the molecule is CC(C)(C)OC(=O)NC(C)(C)c1noc(CCl)n1. The average molecular weight is 276 g/mol. The van der Waals surface area contributed by atoms with E-state index in [0.717, 1.165) is 0 Å². The van der Waals surface area contributed by atoms with Gasteiger partial charge in [0.05, 0.1) is 0 Å². The summed E-state index contributed by atoms with van der Waals surface area (Å²) in [5.41, 5.74) is -1.35. The van der Waals surface area contributed by atoms with Gasteiger partial charge in [0, 0.05) is 0 Å². The summed E-state index contributed by atoms with van der Waals surface area (Å²) in [7, 11) is 0. The number of nitrogens with one attached hydrogen (secondary N) is 1. The van der Waals surface area contributed by atoms with Crippen molar-refractivity contribution in [1.29, 1.82) is 0 Å². The summed E-state index contributed by atoms with van der Waals surface area (Å²) in [4.78, 5) is 15.7. The molecule has 1 heterocycles. The van der Waals surface area contributed by atoms with E-state index in [2.05, 4.69) is 15.5 Å². The summed E-state index contributed by atoms with van der Waals surface area (Å²) in [5, 5.41) is 6.44. The van der Waals surface area contributed by atoms with Gasteiger partial charge in [0.2, 0.25) is 5.89 Å². The lowest BCUT2D eigenvalue weighted by Gasteiger charge is -2.26. The van der Waals surface area contributed by atoms with Crippen molar-refractivity contribution in [2.75, 3.05) is 0 Å². The fraction of sp³-hybridized carbons (Fsp3) is 0.727. The number of aromatic nitrogens is 2. The maximum absolute atomic E-state index is 11.7. The normalized spacial score (nSPS) is 12.3. The standard InChI is InChI=1S/C11H18ClN3O3/c1-10(2,3)17-9(16)14-11(4,5)8-13-7(6-12)18-15-8/h6H2,1-5H3,(H,14,16). The lowest BCUT2D eigenvalue weighted by Crippen LogP contribution is -2.44. The van der Waals surface area contributed by atoms with Crippen LogP contribution in [0.25, 0.3) is 0 Å². The van der Waals surface area contributed by atoms with Crippen molar-refractivity contribution < 1.29 is 14.1 Å². The molecule has 0 atom stereocenters. The molecule has 1 aromatic heterocycles. The Morgan fingerprint density at radius 1 is 1.39 bits per heavy atom. The second kappa shape index (κ2) is 5.14. The predicted octanol–water partition coefficient (Wildman–Crippen LogP) is 2.57. The topological polar surface area (TPSA) is 77.2 Å². The summed E-state index contributed by atoms with van der Waals surface area (Å²) < 4.78 is 10.1. The van der Waals surface area contributed by atoms with Gasteiger partial charge in [-0.05, 0) is 34.6 Å². The second-order valence-corrected chi connectivity index (χ2v) is 5.66. The number of rotatable bonds is 3. The molecule has 1 N–H and O–H groups in total. The molecule has 18 heavy (non-hydrogen) atoms. The third-order valence-electron chi connectivity index (χ3n) is 1.95. The number of nitrogens with zero attached hydrogens (tertiary/aromatic N) is 2. The summed E-state index contributed by atoms with van der Waals surface area (Å²) in [6.07, 6.45) is -0.537. The Balaban J connectivity index is 2.72. The van der Waals surface area contributed by atoms with E-state index >= 15 is 0 Å². The largest absolute Gasteiger partial charge is 0.444 e. The minimum Gasteiger partial charge on any atom is -0.444 e. The van der Waals surface area contributed by atoms with Gasteiger partial charge in [-0.2, -0.15) is 4.98 Å². The van der Waals surface area contributed by atoms with Gasteiger partial charge in [0.25, 0.3) is 0 Å². The molecule has 7 heteroatoms. The first-order valence-electron chi connectivity index (χ1n) is 5.54. The van der Waals surface area contributed by atoms with Crippen LogP contribution < -0.4 is 5.32 Å². The molecule has 0 saturated carbocycles.